The smallest absolute Gasteiger partial charge is 0.341 e. The molecule has 2 heterocycles. The number of fused-ring (bicyclic) bond motifs is 6. The maximum atomic E-state index is 13.1. The first-order valence-corrected chi connectivity index (χ1v) is 12.4. The Morgan fingerprint density at radius 2 is 1.47 bits per heavy atom. The Morgan fingerprint density at radius 3 is 2.16 bits per heavy atom. The van der Waals surface area contributed by atoms with Crippen molar-refractivity contribution in [3.05, 3.63) is 74.0 Å². The van der Waals surface area contributed by atoms with Crippen LogP contribution < -0.4 is 4.74 Å². The number of carbonyl (C=O) groups excluding carboxylic acids is 1. The van der Waals surface area contributed by atoms with Crippen LogP contribution in [0.25, 0.3) is 0 Å². The fourth-order valence-corrected chi connectivity index (χ4v) is 6.59. The van der Waals surface area contributed by atoms with Gasteiger partial charge in [-0.15, -0.1) is 0 Å². The standard InChI is InChI=1S/C20H5Br3Cl4O5/c21-6-3-5-18(11(23)16(6)29)31-17-4(1-2-7(28)10(17)22)20(5)9-8(19(30)32-20)12(24)14(26)15(27)13(9)25/h1-3,28-29H. The number of phenolic OH excluding ortho intramolecular Hbond substituents is 2. The van der Waals surface area contributed by atoms with E-state index in [-0.39, 0.29) is 63.2 Å². The highest BCUT2D eigenvalue weighted by atomic mass is 79.9. The van der Waals surface area contributed by atoms with E-state index < -0.39 is 11.6 Å². The molecule has 5 rings (SSSR count). The van der Waals surface area contributed by atoms with Crippen LogP contribution in [0.2, 0.25) is 20.1 Å². The van der Waals surface area contributed by atoms with Gasteiger partial charge in [-0.05, 0) is 66.0 Å². The molecule has 2 aliphatic heterocycles. The highest BCUT2D eigenvalue weighted by Gasteiger charge is 2.57. The molecule has 3 aromatic rings. The number of rotatable bonds is 0. The number of hydrogen-bond acceptors (Lipinski definition) is 5. The average molecular weight is 707 g/mol. The summed E-state index contributed by atoms with van der Waals surface area (Å²) in [7, 11) is 0. The normalized spacial score (nSPS) is 18.2. The lowest BCUT2D eigenvalue weighted by Crippen LogP contribution is -2.33. The predicted molar refractivity (Wildman–Crippen MR) is 131 cm³/mol. The van der Waals surface area contributed by atoms with Crippen molar-refractivity contribution >= 4 is 100 Å². The number of halogens is 7. The van der Waals surface area contributed by atoms with Crippen molar-refractivity contribution in [3.63, 3.8) is 0 Å². The Kier molecular flexibility index (Phi) is 5.41. The summed E-state index contributed by atoms with van der Waals surface area (Å²) in [5.41, 5.74) is -0.907. The molecule has 1 atom stereocenters. The number of ether oxygens (including phenoxy) is 2. The Morgan fingerprint density at radius 1 is 0.844 bits per heavy atom. The van der Waals surface area contributed by atoms with Crippen LogP contribution in [0.1, 0.15) is 27.0 Å². The minimum atomic E-state index is -1.68. The average Bonchev–Trinajstić information content (AvgIpc) is 3.06. The van der Waals surface area contributed by atoms with Crippen LogP contribution in [0.3, 0.4) is 0 Å². The van der Waals surface area contributed by atoms with Gasteiger partial charge in [-0.2, -0.15) is 0 Å². The largest absolute Gasteiger partial charge is 0.507 e. The van der Waals surface area contributed by atoms with Gasteiger partial charge in [0.05, 0.1) is 35.7 Å². The summed E-state index contributed by atoms with van der Waals surface area (Å²) in [4.78, 5) is 13.1. The topological polar surface area (TPSA) is 76.0 Å². The van der Waals surface area contributed by atoms with Crippen molar-refractivity contribution in [1.29, 1.82) is 0 Å². The fourth-order valence-electron chi connectivity index (χ4n) is 3.90. The van der Waals surface area contributed by atoms with Gasteiger partial charge >= 0.3 is 5.97 Å². The summed E-state index contributed by atoms with van der Waals surface area (Å²) in [5.74, 6) is -0.792. The molecule has 0 aliphatic carbocycles. The zero-order valence-electron chi connectivity index (χ0n) is 15.0. The molecule has 0 saturated carbocycles. The molecule has 5 nitrogen and oxygen atoms in total. The second-order valence-electron chi connectivity index (χ2n) is 6.85. The number of phenols is 2. The molecule has 0 amide bonds. The Bertz CT molecular complexity index is 1410. The predicted octanol–water partition coefficient (Wildman–Crippen LogP) is 8.57. The Labute approximate surface area is 225 Å². The van der Waals surface area contributed by atoms with Gasteiger partial charge in [0.2, 0.25) is 0 Å². The van der Waals surface area contributed by atoms with Gasteiger partial charge in [0.25, 0.3) is 0 Å². The third-order valence-corrected chi connectivity index (χ3v) is 9.17. The number of esters is 1. The van der Waals surface area contributed by atoms with Crippen LogP contribution in [-0.2, 0) is 10.3 Å². The fraction of sp³-hybridized carbons (Fsp3) is 0.0500. The minimum Gasteiger partial charge on any atom is -0.507 e. The molecule has 0 radical (unpaired) electrons. The van der Waals surface area contributed by atoms with Crippen LogP contribution in [0.15, 0.2) is 31.6 Å². The third-order valence-electron chi connectivity index (χ3n) is 5.26. The van der Waals surface area contributed by atoms with E-state index in [9.17, 15) is 15.0 Å². The first-order chi connectivity index (χ1) is 15.0. The second-order valence-corrected chi connectivity index (χ2v) is 10.8. The summed E-state index contributed by atoms with van der Waals surface area (Å²) in [6, 6.07) is 4.47. The van der Waals surface area contributed by atoms with Gasteiger partial charge in [0, 0.05) is 11.1 Å². The van der Waals surface area contributed by atoms with Crippen molar-refractivity contribution in [2.24, 2.45) is 0 Å². The van der Waals surface area contributed by atoms with E-state index in [4.69, 9.17) is 55.9 Å². The van der Waals surface area contributed by atoms with Crippen LogP contribution in [0.4, 0.5) is 0 Å². The van der Waals surface area contributed by atoms with Crippen LogP contribution in [0.5, 0.6) is 23.0 Å². The molecule has 0 fully saturated rings. The second kappa shape index (κ2) is 7.57. The molecule has 0 bridgehead atoms. The maximum absolute atomic E-state index is 13.1. The number of benzene rings is 3. The van der Waals surface area contributed by atoms with Crippen molar-refractivity contribution in [1.82, 2.24) is 0 Å². The summed E-state index contributed by atoms with van der Waals surface area (Å²) in [5, 5.41) is 20.4. The molecule has 2 aliphatic rings. The number of carbonyl (C=O) groups is 1. The van der Waals surface area contributed by atoms with Gasteiger partial charge in [-0.3, -0.25) is 0 Å². The van der Waals surface area contributed by atoms with E-state index >= 15 is 0 Å². The highest BCUT2D eigenvalue weighted by Crippen LogP contribution is 2.64. The Hall–Kier alpha value is -0.870. The molecular formula is C20H5Br3Cl4O5. The van der Waals surface area contributed by atoms with Gasteiger partial charge in [0.1, 0.15) is 20.4 Å². The molecule has 164 valence electrons. The number of aromatic hydroxyl groups is 2. The zero-order chi connectivity index (χ0) is 23.3. The first-order valence-electron chi connectivity index (χ1n) is 8.53. The van der Waals surface area contributed by atoms with E-state index in [1.807, 2.05) is 0 Å². The maximum Gasteiger partial charge on any atom is 0.341 e. The molecule has 0 saturated heterocycles. The van der Waals surface area contributed by atoms with E-state index in [2.05, 4.69) is 47.8 Å². The van der Waals surface area contributed by atoms with Crippen LogP contribution >= 0.6 is 94.2 Å². The van der Waals surface area contributed by atoms with Crippen LogP contribution in [-0.4, -0.2) is 16.2 Å². The van der Waals surface area contributed by atoms with Crippen molar-refractivity contribution in [3.8, 4) is 23.0 Å². The summed E-state index contributed by atoms with van der Waals surface area (Å²) in [6.07, 6.45) is 0. The van der Waals surface area contributed by atoms with E-state index in [0.717, 1.165) is 0 Å². The van der Waals surface area contributed by atoms with Crippen molar-refractivity contribution in [2.45, 2.75) is 5.60 Å². The van der Waals surface area contributed by atoms with Crippen molar-refractivity contribution in [2.75, 3.05) is 0 Å². The third kappa shape index (κ3) is 2.78. The lowest BCUT2D eigenvalue weighted by molar-refractivity contribution is 0.0223. The molecule has 3 aromatic carbocycles. The lowest BCUT2D eigenvalue weighted by atomic mass is 9.77. The highest BCUT2D eigenvalue weighted by molar-refractivity contribution is 9.11. The van der Waals surface area contributed by atoms with Gasteiger partial charge in [-0.1, -0.05) is 46.4 Å². The molecular weight excluding hydrogens is 702 g/mol. The SMILES string of the molecule is O=C1OC2(c3ccc(O)c(Br)c3Oc3c2cc(Br)c(O)c3Br)c2c(Cl)c(Cl)c(Cl)c(Cl)c21. The molecule has 2 N–H and O–H groups in total. The van der Waals surface area contributed by atoms with Gasteiger partial charge < -0.3 is 19.7 Å². The molecule has 0 aromatic heterocycles. The quantitative estimate of drug-likeness (QED) is 0.139. The van der Waals surface area contributed by atoms with E-state index in [1.165, 1.54) is 18.2 Å². The summed E-state index contributed by atoms with van der Waals surface area (Å²) in [6.45, 7) is 0. The van der Waals surface area contributed by atoms with E-state index in [0.29, 0.717) is 15.6 Å². The lowest BCUT2D eigenvalue weighted by Gasteiger charge is -2.38. The monoisotopic (exact) mass is 702 g/mol. The first kappa shape index (κ1) is 22.9. The van der Waals surface area contributed by atoms with Crippen LogP contribution in [0, 0.1) is 0 Å². The molecule has 1 unspecified atom stereocenters. The molecule has 32 heavy (non-hydrogen) atoms. The summed E-state index contributed by atoms with van der Waals surface area (Å²) < 4.78 is 12.7. The minimum absolute atomic E-state index is 0.0368. The summed E-state index contributed by atoms with van der Waals surface area (Å²) >= 11 is 35.5. The zero-order valence-corrected chi connectivity index (χ0v) is 22.8. The van der Waals surface area contributed by atoms with E-state index in [1.54, 1.807) is 0 Å². The molecule has 12 heteroatoms. The molecule has 1 spiro atoms. The van der Waals surface area contributed by atoms with Gasteiger partial charge in [0.15, 0.2) is 17.1 Å². The Balaban J connectivity index is 2.04. The van der Waals surface area contributed by atoms with Crippen molar-refractivity contribution < 1.29 is 24.5 Å². The number of hydrogen-bond donors (Lipinski definition) is 2. The van der Waals surface area contributed by atoms with Gasteiger partial charge in [-0.25, -0.2) is 4.79 Å².